The smallest absolute Gasteiger partial charge is 0.289 e. The predicted octanol–water partition coefficient (Wildman–Crippen LogP) is 1.99. The van der Waals surface area contributed by atoms with Crippen molar-refractivity contribution in [1.82, 2.24) is 19.2 Å². The first kappa shape index (κ1) is 15.6. The number of thiazole rings is 1. The molecule has 8 heteroatoms. The predicted molar refractivity (Wildman–Crippen MR) is 93.3 cm³/mol. The van der Waals surface area contributed by atoms with Gasteiger partial charge in [0.05, 0.1) is 18.2 Å². The van der Waals surface area contributed by atoms with Crippen LogP contribution in [0.25, 0.3) is 11.0 Å². The molecule has 1 aliphatic rings. The van der Waals surface area contributed by atoms with Crippen LogP contribution >= 0.6 is 11.3 Å². The number of piperazine rings is 1. The molecule has 0 saturated carbocycles. The Morgan fingerprint density at radius 3 is 2.76 bits per heavy atom. The molecule has 1 aliphatic heterocycles. The number of nitrogens with zero attached hydrogens (tertiary/aromatic N) is 4. The van der Waals surface area contributed by atoms with Crippen molar-refractivity contribution in [2.45, 2.75) is 0 Å². The lowest BCUT2D eigenvalue weighted by Gasteiger charge is -2.33. The number of fused-ring (bicyclic) bond motifs is 1. The van der Waals surface area contributed by atoms with E-state index in [0.717, 1.165) is 10.7 Å². The Bertz CT molecular complexity index is 917. The van der Waals surface area contributed by atoms with Gasteiger partial charge in [-0.3, -0.25) is 14.0 Å². The molecule has 7 nitrogen and oxygen atoms in total. The van der Waals surface area contributed by atoms with E-state index in [-0.39, 0.29) is 11.8 Å². The monoisotopic (exact) mass is 356 g/mol. The summed E-state index contributed by atoms with van der Waals surface area (Å²) in [5.74, 6) is 0.141. The van der Waals surface area contributed by atoms with E-state index in [4.69, 9.17) is 4.42 Å². The van der Waals surface area contributed by atoms with E-state index in [1.807, 2.05) is 16.0 Å². The molecule has 1 saturated heterocycles. The number of amides is 2. The van der Waals surface area contributed by atoms with E-state index in [0.29, 0.717) is 31.9 Å². The van der Waals surface area contributed by atoms with Crippen molar-refractivity contribution in [1.29, 1.82) is 0 Å². The highest BCUT2D eigenvalue weighted by Crippen LogP contribution is 2.14. The van der Waals surface area contributed by atoms with Crippen molar-refractivity contribution in [3.8, 4) is 0 Å². The van der Waals surface area contributed by atoms with Crippen LogP contribution in [0.1, 0.15) is 16.2 Å². The van der Waals surface area contributed by atoms with Crippen molar-refractivity contribution in [3.63, 3.8) is 0 Å². The van der Waals surface area contributed by atoms with Crippen molar-refractivity contribution >= 4 is 34.2 Å². The van der Waals surface area contributed by atoms with E-state index >= 15 is 0 Å². The molecule has 3 aromatic rings. The summed E-state index contributed by atoms with van der Waals surface area (Å²) in [6.45, 7) is 2.02. The summed E-state index contributed by atoms with van der Waals surface area (Å²) in [6.07, 6.45) is 8.49. The van der Waals surface area contributed by atoms with Gasteiger partial charge in [0.1, 0.15) is 0 Å². The van der Waals surface area contributed by atoms with Crippen LogP contribution in [0, 0.1) is 0 Å². The highest BCUT2D eigenvalue weighted by molar-refractivity contribution is 7.15. The third-order valence-electron chi connectivity index (χ3n) is 4.18. The van der Waals surface area contributed by atoms with Crippen LogP contribution in [-0.2, 0) is 4.79 Å². The summed E-state index contributed by atoms with van der Waals surface area (Å²) in [5.41, 5.74) is 0.872. The standard InChI is InChI=1S/C17H16N4O3S/c22-15(4-3-13-12-18-17-21(13)9-11-25-17)19-5-7-20(8-6-19)16(23)14-2-1-10-24-14/h1-4,9-12H,5-8H2/b4-3+. The molecule has 4 rings (SSSR count). The zero-order chi connectivity index (χ0) is 17.2. The molecule has 0 aliphatic carbocycles. The van der Waals surface area contributed by atoms with Crippen LogP contribution < -0.4 is 0 Å². The fourth-order valence-corrected chi connectivity index (χ4v) is 3.51. The van der Waals surface area contributed by atoms with Gasteiger partial charge in [0.15, 0.2) is 10.7 Å². The highest BCUT2D eigenvalue weighted by atomic mass is 32.1. The Morgan fingerprint density at radius 2 is 2.00 bits per heavy atom. The minimum absolute atomic E-state index is 0.0599. The van der Waals surface area contributed by atoms with Gasteiger partial charge in [-0.2, -0.15) is 0 Å². The molecule has 0 unspecified atom stereocenters. The molecule has 1 fully saturated rings. The maximum Gasteiger partial charge on any atom is 0.289 e. The third kappa shape index (κ3) is 3.08. The molecular formula is C17H16N4O3S. The van der Waals surface area contributed by atoms with Gasteiger partial charge in [0, 0.05) is 43.8 Å². The van der Waals surface area contributed by atoms with Crippen LogP contribution in [0.3, 0.4) is 0 Å². The van der Waals surface area contributed by atoms with Crippen LogP contribution in [0.2, 0.25) is 0 Å². The van der Waals surface area contributed by atoms with E-state index in [1.54, 1.807) is 51.6 Å². The summed E-state index contributed by atoms with van der Waals surface area (Å²) >= 11 is 1.55. The number of hydrogen-bond acceptors (Lipinski definition) is 5. The molecule has 0 bridgehead atoms. The highest BCUT2D eigenvalue weighted by Gasteiger charge is 2.25. The molecule has 0 radical (unpaired) electrons. The van der Waals surface area contributed by atoms with Gasteiger partial charge >= 0.3 is 0 Å². The Hall–Kier alpha value is -2.87. The van der Waals surface area contributed by atoms with Crippen molar-refractivity contribution in [2.24, 2.45) is 0 Å². The second kappa shape index (κ2) is 6.56. The van der Waals surface area contributed by atoms with Crippen molar-refractivity contribution in [3.05, 3.63) is 53.7 Å². The molecule has 25 heavy (non-hydrogen) atoms. The Balaban J connectivity index is 1.36. The van der Waals surface area contributed by atoms with E-state index < -0.39 is 0 Å². The van der Waals surface area contributed by atoms with Gasteiger partial charge in [-0.05, 0) is 18.2 Å². The molecule has 0 atom stereocenters. The zero-order valence-corrected chi connectivity index (χ0v) is 14.2. The fraction of sp³-hybridized carbons (Fsp3) is 0.235. The van der Waals surface area contributed by atoms with E-state index in [9.17, 15) is 9.59 Å². The lowest BCUT2D eigenvalue weighted by Crippen LogP contribution is -2.50. The summed E-state index contributed by atoms with van der Waals surface area (Å²) in [5, 5.41) is 1.96. The first-order valence-electron chi connectivity index (χ1n) is 7.93. The van der Waals surface area contributed by atoms with Crippen LogP contribution in [-0.4, -0.2) is 57.2 Å². The molecule has 0 spiro atoms. The van der Waals surface area contributed by atoms with Gasteiger partial charge in [0.2, 0.25) is 5.91 Å². The average molecular weight is 356 g/mol. The Labute approximate surface area is 147 Å². The van der Waals surface area contributed by atoms with Gasteiger partial charge in [0.25, 0.3) is 5.91 Å². The van der Waals surface area contributed by atoms with Crippen LogP contribution in [0.5, 0.6) is 0 Å². The number of rotatable bonds is 3. The largest absolute Gasteiger partial charge is 0.459 e. The molecular weight excluding hydrogens is 340 g/mol. The molecule has 2 amide bonds. The number of carbonyl (C=O) groups excluding carboxylic acids is 2. The number of aromatic nitrogens is 2. The minimum atomic E-state index is -0.133. The van der Waals surface area contributed by atoms with Gasteiger partial charge in [-0.25, -0.2) is 4.98 Å². The second-order valence-corrected chi connectivity index (χ2v) is 6.54. The molecule has 0 aromatic carbocycles. The van der Waals surface area contributed by atoms with Gasteiger partial charge in [-0.1, -0.05) is 0 Å². The molecule has 3 aromatic heterocycles. The lowest BCUT2D eigenvalue weighted by atomic mass is 10.2. The summed E-state index contributed by atoms with van der Waals surface area (Å²) in [7, 11) is 0. The number of hydrogen-bond donors (Lipinski definition) is 0. The van der Waals surface area contributed by atoms with Crippen molar-refractivity contribution in [2.75, 3.05) is 26.2 Å². The number of carbonyl (C=O) groups is 2. The topological polar surface area (TPSA) is 71.1 Å². The first-order chi connectivity index (χ1) is 12.2. The fourth-order valence-electron chi connectivity index (χ4n) is 2.82. The SMILES string of the molecule is O=C(/C=C/c1cnc2sccn12)N1CCN(C(=O)c2ccco2)CC1. The Morgan fingerprint density at radius 1 is 1.20 bits per heavy atom. The summed E-state index contributed by atoms with van der Waals surface area (Å²) in [4.78, 5) is 33.2. The minimum Gasteiger partial charge on any atom is -0.459 e. The normalized spacial score (nSPS) is 15.4. The summed E-state index contributed by atoms with van der Waals surface area (Å²) in [6, 6.07) is 3.35. The Kier molecular flexibility index (Phi) is 4.10. The third-order valence-corrected chi connectivity index (χ3v) is 4.95. The van der Waals surface area contributed by atoms with E-state index in [1.165, 1.54) is 6.26 Å². The average Bonchev–Trinajstić information content (AvgIpc) is 3.37. The van der Waals surface area contributed by atoms with Gasteiger partial charge in [-0.15, -0.1) is 11.3 Å². The molecule has 128 valence electrons. The van der Waals surface area contributed by atoms with Crippen LogP contribution in [0.4, 0.5) is 0 Å². The summed E-state index contributed by atoms with van der Waals surface area (Å²) < 4.78 is 7.08. The molecule has 4 heterocycles. The molecule has 0 N–H and O–H groups in total. The van der Waals surface area contributed by atoms with Crippen LogP contribution in [0.15, 0.2) is 46.7 Å². The lowest BCUT2D eigenvalue weighted by molar-refractivity contribution is -0.127. The zero-order valence-electron chi connectivity index (χ0n) is 13.4. The quantitative estimate of drug-likeness (QED) is 0.673. The van der Waals surface area contributed by atoms with Crippen molar-refractivity contribution < 1.29 is 14.0 Å². The first-order valence-corrected chi connectivity index (χ1v) is 8.80. The van der Waals surface area contributed by atoms with Gasteiger partial charge < -0.3 is 14.2 Å². The number of imidazole rings is 1. The maximum absolute atomic E-state index is 12.4. The maximum atomic E-state index is 12.4. The van der Waals surface area contributed by atoms with E-state index in [2.05, 4.69) is 4.98 Å². The number of furan rings is 1. The second-order valence-electron chi connectivity index (χ2n) is 5.67.